The monoisotopic (exact) mass is 333 g/mol. The highest BCUT2D eigenvalue weighted by Gasteiger charge is 2.29. The number of nitrogens with one attached hydrogen (secondary N) is 1. The summed E-state index contributed by atoms with van der Waals surface area (Å²) in [5, 5.41) is 2.96. The molecule has 2 aliphatic rings. The number of ether oxygens (including phenoxy) is 1. The summed E-state index contributed by atoms with van der Waals surface area (Å²) in [4.78, 5) is 21.3. The van der Waals surface area contributed by atoms with Crippen LogP contribution in [0.1, 0.15) is 18.4 Å². The van der Waals surface area contributed by atoms with E-state index in [1.165, 1.54) is 0 Å². The average molecular weight is 333 g/mol. The molecular weight excluding hydrogens is 306 g/mol. The Balaban J connectivity index is 1.52. The summed E-state index contributed by atoms with van der Waals surface area (Å²) in [6.45, 7) is 5.02. The summed E-state index contributed by atoms with van der Waals surface area (Å²) in [7, 11) is 2.14. The van der Waals surface area contributed by atoms with Crippen molar-refractivity contribution in [1.82, 2.24) is 15.2 Å². The van der Waals surface area contributed by atoms with E-state index in [1.54, 1.807) is 0 Å². The third-order valence-electron chi connectivity index (χ3n) is 4.77. The lowest BCUT2D eigenvalue weighted by atomic mass is 10.2. The van der Waals surface area contributed by atoms with E-state index >= 15 is 0 Å². The molecule has 3 heterocycles. The number of piperazine rings is 1. The van der Waals surface area contributed by atoms with Crippen molar-refractivity contribution in [3.8, 4) is 0 Å². The predicted molar refractivity (Wildman–Crippen MR) is 92.7 cm³/mol. The largest absolute Gasteiger partial charge is 0.364 e. The molecule has 1 aromatic rings. The Bertz CT molecular complexity index is 560. The Morgan fingerprint density at radius 3 is 2.88 bits per heavy atom. The van der Waals surface area contributed by atoms with E-state index in [1.807, 2.05) is 12.3 Å². The summed E-state index contributed by atoms with van der Waals surface area (Å²) >= 11 is 0. The second-order valence-corrected chi connectivity index (χ2v) is 6.59. The highest BCUT2D eigenvalue weighted by atomic mass is 16.5. The van der Waals surface area contributed by atoms with Gasteiger partial charge in [0, 0.05) is 45.5 Å². The number of pyridine rings is 1. The number of nitrogens with two attached hydrogens (primary N) is 1. The summed E-state index contributed by atoms with van der Waals surface area (Å²) < 4.78 is 5.63. The number of likely N-dealkylation sites (N-methyl/N-ethyl adjacent to an activating group) is 1. The first kappa shape index (κ1) is 17.1. The fourth-order valence-corrected chi connectivity index (χ4v) is 3.15. The van der Waals surface area contributed by atoms with Crippen LogP contribution >= 0.6 is 0 Å². The smallest absolute Gasteiger partial charge is 0.249 e. The zero-order chi connectivity index (χ0) is 16.9. The molecule has 0 unspecified atom stereocenters. The van der Waals surface area contributed by atoms with Crippen molar-refractivity contribution in [2.45, 2.75) is 31.6 Å². The first-order valence-electron chi connectivity index (χ1n) is 8.67. The predicted octanol–water partition coefficient (Wildman–Crippen LogP) is -0.0441. The van der Waals surface area contributed by atoms with E-state index in [2.05, 4.69) is 33.2 Å². The van der Waals surface area contributed by atoms with Crippen LogP contribution in [-0.2, 0) is 16.1 Å². The van der Waals surface area contributed by atoms with Crippen molar-refractivity contribution < 1.29 is 9.53 Å². The van der Waals surface area contributed by atoms with E-state index < -0.39 is 0 Å². The third-order valence-corrected chi connectivity index (χ3v) is 4.77. The second-order valence-electron chi connectivity index (χ2n) is 6.59. The van der Waals surface area contributed by atoms with Gasteiger partial charge >= 0.3 is 0 Å². The maximum absolute atomic E-state index is 12.2. The number of carbonyl (C=O) groups is 1. The van der Waals surface area contributed by atoms with Gasteiger partial charge in [-0.15, -0.1) is 0 Å². The van der Waals surface area contributed by atoms with Gasteiger partial charge in [0.25, 0.3) is 0 Å². The SMILES string of the molecule is CN1CCN(c2cc(CNC(=O)[C@@H]3CC[C@H](CN)O3)ccn2)CC1. The van der Waals surface area contributed by atoms with Crippen LogP contribution in [0, 0.1) is 0 Å². The third kappa shape index (κ3) is 4.23. The number of amides is 1. The number of aromatic nitrogens is 1. The molecule has 24 heavy (non-hydrogen) atoms. The van der Waals surface area contributed by atoms with E-state index in [0.29, 0.717) is 13.1 Å². The second kappa shape index (κ2) is 7.92. The summed E-state index contributed by atoms with van der Waals surface area (Å²) in [5.74, 6) is 0.930. The highest BCUT2D eigenvalue weighted by molar-refractivity contribution is 5.81. The molecule has 132 valence electrons. The quantitative estimate of drug-likeness (QED) is 0.786. The van der Waals surface area contributed by atoms with E-state index in [-0.39, 0.29) is 18.1 Å². The first-order chi connectivity index (χ1) is 11.7. The lowest BCUT2D eigenvalue weighted by molar-refractivity contribution is -0.132. The Morgan fingerprint density at radius 1 is 1.38 bits per heavy atom. The molecule has 7 nitrogen and oxygen atoms in total. The number of rotatable bonds is 5. The molecule has 1 amide bonds. The molecule has 7 heteroatoms. The maximum atomic E-state index is 12.2. The molecule has 0 radical (unpaired) electrons. The van der Waals surface area contributed by atoms with Gasteiger partial charge in [0.15, 0.2) is 0 Å². The van der Waals surface area contributed by atoms with Gasteiger partial charge in [0.05, 0.1) is 6.10 Å². The van der Waals surface area contributed by atoms with E-state index in [4.69, 9.17) is 10.5 Å². The van der Waals surface area contributed by atoms with Crippen LogP contribution in [-0.4, -0.2) is 67.8 Å². The molecular formula is C17H27N5O2. The van der Waals surface area contributed by atoms with Crippen LogP contribution in [0.15, 0.2) is 18.3 Å². The molecule has 1 aromatic heterocycles. The molecule has 2 atom stereocenters. The summed E-state index contributed by atoms with van der Waals surface area (Å²) in [6.07, 6.45) is 3.07. The number of hydrogen-bond acceptors (Lipinski definition) is 6. The Hall–Kier alpha value is -1.70. The lowest BCUT2D eigenvalue weighted by Crippen LogP contribution is -2.44. The van der Waals surface area contributed by atoms with Crippen LogP contribution in [0.5, 0.6) is 0 Å². The van der Waals surface area contributed by atoms with Crippen molar-refractivity contribution in [2.75, 3.05) is 44.7 Å². The minimum absolute atomic E-state index is 0.0190. The molecule has 2 saturated heterocycles. The topological polar surface area (TPSA) is 83.7 Å². The number of anilines is 1. The lowest BCUT2D eigenvalue weighted by Gasteiger charge is -2.33. The zero-order valence-electron chi connectivity index (χ0n) is 14.3. The fourth-order valence-electron chi connectivity index (χ4n) is 3.15. The number of hydrogen-bond donors (Lipinski definition) is 2. The maximum Gasteiger partial charge on any atom is 0.249 e. The van der Waals surface area contributed by atoms with Gasteiger partial charge in [-0.3, -0.25) is 4.79 Å². The molecule has 3 N–H and O–H groups in total. The highest BCUT2D eigenvalue weighted by Crippen LogP contribution is 2.19. The van der Waals surface area contributed by atoms with Gasteiger partial charge in [0.2, 0.25) is 5.91 Å². The van der Waals surface area contributed by atoms with Gasteiger partial charge in [-0.25, -0.2) is 4.98 Å². The van der Waals surface area contributed by atoms with Crippen molar-refractivity contribution in [3.63, 3.8) is 0 Å². The molecule has 2 aliphatic heterocycles. The van der Waals surface area contributed by atoms with Crippen molar-refractivity contribution in [1.29, 1.82) is 0 Å². The van der Waals surface area contributed by atoms with Crippen LogP contribution < -0.4 is 16.0 Å². The van der Waals surface area contributed by atoms with Gasteiger partial charge in [-0.05, 0) is 37.6 Å². The number of carbonyl (C=O) groups excluding carboxylic acids is 1. The van der Waals surface area contributed by atoms with Gasteiger partial charge < -0.3 is 25.6 Å². The molecule has 0 bridgehead atoms. The Kier molecular flexibility index (Phi) is 5.65. The minimum Gasteiger partial charge on any atom is -0.364 e. The molecule has 3 rings (SSSR count). The summed E-state index contributed by atoms with van der Waals surface area (Å²) in [6, 6.07) is 4.00. The average Bonchev–Trinajstić information content (AvgIpc) is 3.10. The molecule has 2 fully saturated rings. The molecule has 0 aliphatic carbocycles. The minimum atomic E-state index is -0.363. The standard InChI is InChI=1S/C17H27N5O2/c1-21-6-8-22(9-7-21)16-10-13(4-5-19-16)12-20-17(23)15-3-2-14(11-18)24-15/h4-5,10,14-15H,2-3,6-9,11-12,18H2,1H3,(H,20,23)/t14-,15+/m1/s1. The van der Waals surface area contributed by atoms with Crippen LogP contribution in [0.4, 0.5) is 5.82 Å². The molecule has 0 aromatic carbocycles. The normalized spacial score (nSPS) is 25.0. The van der Waals surface area contributed by atoms with Gasteiger partial charge in [-0.2, -0.15) is 0 Å². The van der Waals surface area contributed by atoms with Gasteiger partial charge in [0.1, 0.15) is 11.9 Å². The zero-order valence-corrected chi connectivity index (χ0v) is 14.3. The van der Waals surface area contributed by atoms with Crippen molar-refractivity contribution >= 4 is 11.7 Å². The van der Waals surface area contributed by atoms with E-state index in [0.717, 1.165) is 50.4 Å². The molecule has 0 saturated carbocycles. The summed E-state index contributed by atoms with van der Waals surface area (Å²) in [5.41, 5.74) is 6.64. The Morgan fingerprint density at radius 2 is 2.17 bits per heavy atom. The van der Waals surface area contributed by atoms with Crippen molar-refractivity contribution in [3.05, 3.63) is 23.9 Å². The van der Waals surface area contributed by atoms with Crippen LogP contribution in [0.3, 0.4) is 0 Å². The Labute approximate surface area is 143 Å². The first-order valence-corrected chi connectivity index (χ1v) is 8.67. The van der Waals surface area contributed by atoms with Crippen LogP contribution in [0.2, 0.25) is 0 Å². The fraction of sp³-hybridized carbons (Fsp3) is 0.647. The van der Waals surface area contributed by atoms with Crippen LogP contribution in [0.25, 0.3) is 0 Å². The van der Waals surface area contributed by atoms with E-state index in [9.17, 15) is 4.79 Å². The van der Waals surface area contributed by atoms with Crippen molar-refractivity contribution in [2.24, 2.45) is 5.73 Å². The van der Waals surface area contributed by atoms with Gasteiger partial charge in [-0.1, -0.05) is 0 Å². The molecule has 0 spiro atoms. The number of nitrogens with zero attached hydrogens (tertiary/aromatic N) is 3.